The fourth-order valence-electron chi connectivity index (χ4n) is 3.22. The number of hydrogen-bond donors (Lipinski definition) is 1. The molecule has 1 N–H and O–H groups in total. The van der Waals surface area contributed by atoms with Crippen LogP contribution >= 0.6 is 12.4 Å². The number of likely N-dealkylation sites (N-methyl/N-ethyl adjacent to an activating group) is 1. The maximum absolute atomic E-state index is 13.3. The minimum atomic E-state index is -4.79. The van der Waals surface area contributed by atoms with Crippen LogP contribution in [0.15, 0.2) is 42.7 Å². The molecule has 10 heteroatoms. The number of halogens is 4. The van der Waals surface area contributed by atoms with E-state index in [0.29, 0.717) is 31.6 Å². The molecule has 0 aliphatic carbocycles. The average molecular weight is 405 g/mol. The molecule has 2 heterocycles. The normalized spacial score (nSPS) is 16.3. The lowest BCUT2D eigenvalue weighted by atomic mass is 9.86. The summed E-state index contributed by atoms with van der Waals surface area (Å²) in [5.74, 6) is -0.597. The van der Waals surface area contributed by atoms with Crippen molar-refractivity contribution in [2.24, 2.45) is 0 Å². The molecule has 0 atom stereocenters. The molecule has 0 saturated carbocycles. The standard InChI is InChI=1S/C17H19F3N4O2.ClH/c1-23(13-4-2-5-14(12-13)26-17(18,19)20)15(25)16(6-9-21-10-7-16)24-11-3-8-22-24;/h2-5,8,11-12,21H,6-7,9-10H2,1H3;1H. The quantitative estimate of drug-likeness (QED) is 0.851. The highest BCUT2D eigenvalue weighted by atomic mass is 35.5. The molecule has 1 aromatic carbocycles. The molecule has 1 fully saturated rings. The summed E-state index contributed by atoms with van der Waals surface area (Å²) >= 11 is 0. The van der Waals surface area contributed by atoms with Gasteiger partial charge in [0.25, 0.3) is 5.91 Å². The Morgan fingerprint density at radius 3 is 2.59 bits per heavy atom. The molecule has 0 spiro atoms. The van der Waals surface area contributed by atoms with Gasteiger partial charge in [0, 0.05) is 31.2 Å². The van der Waals surface area contributed by atoms with Crippen LogP contribution in [0, 0.1) is 0 Å². The van der Waals surface area contributed by atoms with E-state index in [1.807, 2.05) is 0 Å². The number of nitrogens with zero attached hydrogens (tertiary/aromatic N) is 3. The summed E-state index contributed by atoms with van der Waals surface area (Å²) < 4.78 is 42.9. The highest BCUT2D eigenvalue weighted by Gasteiger charge is 2.44. The lowest BCUT2D eigenvalue weighted by Gasteiger charge is -2.39. The van der Waals surface area contributed by atoms with Gasteiger partial charge in [-0.2, -0.15) is 5.10 Å². The van der Waals surface area contributed by atoms with E-state index >= 15 is 0 Å². The maximum Gasteiger partial charge on any atom is 0.573 e. The van der Waals surface area contributed by atoms with Crippen molar-refractivity contribution < 1.29 is 22.7 Å². The molecule has 2 aromatic rings. The molecule has 1 aliphatic rings. The van der Waals surface area contributed by atoms with Crippen molar-refractivity contribution in [3.63, 3.8) is 0 Å². The Balaban J connectivity index is 0.00000261. The van der Waals surface area contributed by atoms with Crippen LogP contribution in [0.2, 0.25) is 0 Å². The minimum Gasteiger partial charge on any atom is -0.406 e. The van der Waals surface area contributed by atoms with E-state index < -0.39 is 11.9 Å². The van der Waals surface area contributed by atoms with E-state index in [1.165, 1.54) is 23.1 Å². The van der Waals surface area contributed by atoms with Crippen molar-refractivity contribution >= 4 is 24.0 Å². The minimum absolute atomic E-state index is 0. The molecule has 3 rings (SSSR count). The highest BCUT2D eigenvalue weighted by molar-refractivity contribution is 5.98. The van der Waals surface area contributed by atoms with Crippen LogP contribution < -0.4 is 15.0 Å². The van der Waals surface area contributed by atoms with Gasteiger partial charge in [-0.3, -0.25) is 9.48 Å². The largest absolute Gasteiger partial charge is 0.573 e. The second-order valence-corrected chi connectivity index (χ2v) is 6.14. The zero-order valence-electron chi connectivity index (χ0n) is 14.6. The van der Waals surface area contributed by atoms with Crippen molar-refractivity contribution in [3.05, 3.63) is 42.7 Å². The number of alkyl halides is 3. The van der Waals surface area contributed by atoms with Gasteiger partial charge in [-0.25, -0.2) is 0 Å². The van der Waals surface area contributed by atoms with E-state index in [2.05, 4.69) is 15.2 Å². The van der Waals surface area contributed by atoms with E-state index in [1.54, 1.807) is 36.3 Å². The smallest absolute Gasteiger partial charge is 0.406 e. The van der Waals surface area contributed by atoms with Crippen molar-refractivity contribution in [3.8, 4) is 5.75 Å². The van der Waals surface area contributed by atoms with E-state index in [-0.39, 0.29) is 24.1 Å². The van der Waals surface area contributed by atoms with Crippen LogP contribution in [0.4, 0.5) is 18.9 Å². The van der Waals surface area contributed by atoms with Gasteiger partial charge >= 0.3 is 6.36 Å². The summed E-state index contributed by atoms with van der Waals surface area (Å²) in [6.45, 7) is 1.30. The number of nitrogens with one attached hydrogen (secondary N) is 1. The molecule has 1 aromatic heterocycles. The molecule has 148 valence electrons. The number of aromatic nitrogens is 2. The van der Waals surface area contributed by atoms with Crippen molar-refractivity contribution in [1.29, 1.82) is 0 Å². The average Bonchev–Trinajstić information content (AvgIpc) is 3.15. The summed E-state index contributed by atoms with van der Waals surface area (Å²) in [5, 5.41) is 7.46. The van der Waals surface area contributed by atoms with Crippen LogP contribution in [0.25, 0.3) is 0 Å². The Bertz CT molecular complexity index is 762. The number of ether oxygens (including phenoxy) is 1. The summed E-state index contributed by atoms with van der Waals surface area (Å²) in [6, 6.07) is 7.13. The molecule has 1 saturated heterocycles. The molecular weight excluding hydrogens is 385 g/mol. The number of carbonyl (C=O) groups is 1. The van der Waals surface area contributed by atoms with Gasteiger partial charge in [-0.05, 0) is 44.1 Å². The molecule has 0 bridgehead atoms. The second-order valence-electron chi connectivity index (χ2n) is 6.14. The number of anilines is 1. The number of carbonyl (C=O) groups excluding carboxylic acids is 1. The van der Waals surface area contributed by atoms with Gasteiger partial charge in [-0.15, -0.1) is 25.6 Å². The van der Waals surface area contributed by atoms with Crippen molar-refractivity contribution in [1.82, 2.24) is 15.1 Å². The molecule has 1 aliphatic heterocycles. The summed E-state index contributed by atoms with van der Waals surface area (Å²) in [4.78, 5) is 14.6. The Labute approximate surface area is 160 Å². The van der Waals surface area contributed by atoms with Crippen molar-refractivity contribution in [2.75, 3.05) is 25.0 Å². The molecule has 6 nitrogen and oxygen atoms in total. The topological polar surface area (TPSA) is 59.4 Å². The predicted molar refractivity (Wildman–Crippen MR) is 96.1 cm³/mol. The number of benzene rings is 1. The Kier molecular flexibility index (Phi) is 6.38. The third-order valence-corrected chi connectivity index (χ3v) is 4.51. The molecule has 1 amide bonds. The lowest BCUT2D eigenvalue weighted by molar-refractivity contribution is -0.274. The summed E-state index contributed by atoms with van der Waals surface area (Å²) in [6.07, 6.45) is -0.366. The zero-order valence-corrected chi connectivity index (χ0v) is 15.4. The monoisotopic (exact) mass is 404 g/mol. The highest BCUT2D eigenvalue weighted by Crippen LogP contribution is 2.32. The van der Waals surface area contributed by atoms with Crippen LogP contribution in [0.3, 0.4) is 0 Å². The van der Waals surface area contributed by atoms with Gasteiger partial charge in [0.2, 0.25) is 0 Å². The lowest BCUT2D eigenvalue weighted by Crippen LogP contribution is -2.55. The van der Waals surface area contributed by atoms with Crippen molar-refractivity contribution in [2.45, 2.75) is 24.7 Å². The summed E-state index contributed by atoms with van der Waals surface area (Å²) in [7, 11) is 1.54. The molecular formula is C17H20ClF3N4O2. The first-order chi connectivity index (χ1) is 12.3. The number of piperidine rings is 1. The Morgan fingerprint density at radius 2 is 2.00 bits per heavy atom. The van der Waals surface area contributed by atoms with E-state index in [9.17, 15) is 18.0 Å². The number of hydrogen-bond acceptors (Lipinski definition) is 4. The van der Waals surface area contributed by atoms with Gasteiger partial charge in [-0.1, -0.05) is 6.07 Å². The second kappa shape index (κ2) is 8.18. The SMILES string of the molecule is CN(C(=O)C1(n2cccn2)CCNCC1)c1cccc(OC(F)(F)F)c1.Cl. The van der Waals surface area contributed by atoms with Crippen LogP contribution in [-0.2, 0) is 10.3 Å². The summed E-state index contributed by atoms with van der Waals surface area (Å²) in [5.41, 5.74) is -0.550. The fraction of sp³-hybridized carbons (Fsp3) is 0.412. The van der Waals surface area contributed by atoms with Gasteiger partial charge in [0.15, 0.2) is 0 Å². The Hall–Kier alpha value is -2.26. The third-order valence-electron chi connectivity index (χ3n) is 4.51. The van der Waals surface area contributed by atoms with Crippen LogP contribution in [0.5, 0.6) is 5.75 Å². The van der Waals surface area contributed by atoms with Crippen LogP contribution in [0.1, 0.15) is 12.8 Å². The predicted octanol–water partition coefficient (Wildman–Crippen LogP) is 2.95. The fourth-order valence-corrected chi connectivity index (χ4v) is 3.22. The zero-order chi connectivity index (χ0) is 18.8. The van der Waals surface area contributed by atoms with E-state index in [4.69, 9.17) is 0 Å². The first-order valence-corrected chi connectivity index (χ1v) is 8.17. The first kappa shape index (κ1) is 21.0. The van der Waals surface area contributed by atoms with Gasteiger partial charge in [0.1, 0.15) is 11.3 Å². The van der Waals surface area contributed by atoms with Gasteiger partial charge < -0.3 is 15.0 Å². The molecule has 0 unspecified atom stereocenters. The Morgan fingerprint density at radius 1 is 1.30 bits per heavy atom. The molecule has 0 radical (unpaired) electrons. The molecule has 27 heavy (non-hydrogen) atoms. The van der Waals surface area contributed by atoms with E-state index in [0.717, 1.165) is 0 Å². The number of amides is 1. The first-order valence-electron chi connectivity index (χ1n) is 8.17. The third kappa shape index (κ3) is 4.54. The number of rotatable bonds is 4. The van der Waals surface area contributed by atoms with Gasteiger partial charge in [0.05, 0.1) is 0 Å². The maximum atomic E-state index is 13.3. The van der Waals surface area contributed by atoms with Crippen LogP contribution in [-0.4, -0.2) is 42.2 Å².